The predicted molar refractivity (Wildman–Crippen MR) is 35.7 cm³/mol. The van der Waals surface area contributed by atoms with Crippen LogP contribution in [0.3, 0.4) is 0 Å². The Bertz CT molecular complexity index is 70.4. The van der Waals surface area contributed by atoms with Gasteiger partial charge in [0.25, 0.3) is 0 Å². The Morgan fingerprint density at radius 1 is 1.25 bits per heavy atom. The van der Waals surface area contributed by atoms with Crippen LogP contribution in [0.5, 0.6) is 0 Å². The predicted octanol–water partition coefficient (Wildman–Crippen LogP) is 1.50. The third kappa shape index (κ3) is 5.44. The van der Waals surface area contributed by atoms with Gasteiger partial charge in [-0.25, -0.2) is 0 Å². The van der Waals surface area contributed by atoms with Crippen molar-refractivity contribution in [3.05, 3.63) is 24.3 Å². The largest absolute Gasteiger partial charge is 0.392 e. The van der Waals surface area contributed by atoms with Crippen LogP contribution in [0.1, 0.15) is 13.3 Å². The van der Waals surface area contributed by atoms with Crippen molar-refractivity contribution in [2.45, 2.75) is 13.3 Å². The molecular formula is C7H12O. The molecule has 0 aliphatic heterocycles. The smallest absolute Gasteiger partial charge is 0.0615 e. The molecule has 0 aliphatic rings. The fourth-order valence-electron chi connectivity index (χ4n) is 0.354. The van der Waals surface area contributed by atoms with E-state index in [0.717, 1.165) is 6.42 Å². The van der Waals surface area contributed by atoms with E-state index in [1.54, 1.807) is 6.08 Å². The lowest BCUT2D eigenvalue weighted by Gasteiger charge is -1.74. The first kappa shape index (κ1) is 7.44. The summed E-state index contributed by atoms with van der Waals surface area (Å²) in [5.74, 6) is 0. The van der Waals surface area contributed by atoms with E-state index in [2.05, 4.69) is 6.92 Å². The van der Waals surface area contributed by atoms with Gasteiger partial charge in [-0.15, -0.1) is 0 Å². The summed E-state index contributed by atoms with van der Waals surface area (Å²) in [6.07, 6.45) is 8.55. The molecule has 0 saturated heterocycles. The van der Waals surface area contributed by atoms with Gasteiger partial charge in [0, 0.05) is 0 Å². The first-order chi connectivity index (χ1) is 3.91. The molecule has 0 fully saturated rings. The van der Waals surface area contributed by atoms with Gasteiger partial charge < -0.3 is 5.11 Å². The summed E-state index contributed by atoms with van der Waals surface area (Å²) < 4.78 is 0. The van der Waals surface area contributed by atoms with Crippen molar-refractivity contribution in [3.63, 3.8) is 0 Å². The first-order valence-electron chi connectivity index (χ1n) is 2.84. The maximum atomic E-state index is 8.24. The molecule has 0 radical (unpaired) electrons. The minimum Gasteiger partial charge on any atom is -0.392 e. The zero-order chi connectivity index (χ0) is 6.24. The normalized spacial score (nSPS) is 11.8. The molecule has 1 nitrogen and oxygen atoms in total. The second-order valence-corrected chi connectivity index (χ2v) is 1.45. The Kier molecular flexibility index (Phi) is 5.99. The van der Waals surface area contributed by atoms with Crippen LogP contribution in [0, 0.1) is 0 Å². The molecule has 0 aromatic heterocycles. The van der Waals surface area contributed by atoms with E-state index in [1.165, 1.54) is 0 Å². The Balaban J connectivity index is 3.13. The van der Waals surface area contributed by atoms with Gasteiger partial charge in [0.1, 0.15) is 0 Å². The molecule has 0 aromatic carbocycles. The van der Waals surface area contributed by atoms with Gasteiger partial charge in [-0.1, -0.05) is 31.2 Å². The molecule has 0 spiro atoms. The van der Waals surface area contributed by atoms with Crippen LogP contribution in [-0.2, 0) is 0 Å². The van der Waals surface area contributed by atoms with Gasteiger partial charge in [0.05, 0.1) is 6.61 Å². The number of allylic oxidation sites excluding steroid dienone is 3. The molecule has 0 unspecified atom stereocenters. The number of aliphatic hydroxyl groups is 1. The van der Waals surface area contributed by atoms with E-state index in [1.807, 2.05) is 18.2 Å². The molecule has 0 amide bonds. The monoisotopic (exact) mass is 112 g/mol. The summed E-state index contributed by atoms with van der Waals surface area (Å²) in [6.45, 7) is 2.21. The van der Waals surface area contributed by atoms with Crippen molar-refractivity contribution in [1.82, 2.24) is 0 Å². The Labute approximate surface area is 50.3 Å². The van der Waals surface area contributed by atoms with Crippen molar-refractivity contribution >= 4 is 0 Å². The lowest BCUT2D eigenvalue weighted by Crippen LogP contribution is -1.67. The fourth-order valence-corrected chi connectivity index (χ4v) is 0.354. The lowest BCUT2D eigenvalue weighted by molar-refractivity contribution is 0.343. The molecule has 0 bridgehead atoms. The van der Waals surface area contributed by atoms with Gasteiger partial charge in [-0.2, -0.15) is 0 Å². The van der Waals surface area contributed by atoms with E-state index in [0.29, 0.717) is 0 Å². The fraction of sp³-hybridized carbons (Fsp3) is 0.429. The maximum Gasteiger partial charge on any atom is 0.0615 e. The van der Waals surface area contributed by atoms with Crippen molar-refractivity contribution < 1.29 is 5.11 Å². The highest BCUT2D eigenvalue weighted by Crippen LogP contribution is 1.79. The molecule has 0 aromatic rings. The van der Waals surface area contributed by atoms with Crippen molar-refractivity contribution in [2.24, 2.45) is 0 Å². The van der Waals surface area contributed by atoms with Crippen molar-refractivity contribution in [3.8, 4) is 0 Å². The van der Waals surface area contributed by atoms with Gasteiger partial charge in [-0.3, -0.25) is 0 Å². The van der Waals surface area contributed by atoms with Gasteiger partial charge in [0.2, 0.25) is 0 Å². The Hall–Kier alpha value is -0.560. The van der Waals surface area contributed by atoms with Crippen molar-refractivity contribution in [1.29, 1.82) is 0 Å². The van der Waals surface area contributed by atoms with Crippen molar-refractivity contribution in [2.75, 3.05) is 6.61 Å². The lowest BCUT2D eigenvalue weighted by atomic mass is 10.4. The highest BCUT2D eigenvalue weighted by molar-refractivity contribution is 5.01. The number of hydrogen-bond donors (Lipinski definition) is 1. The van der Waals surface area contributed by atoms with Crippen LogP contribution >= 0.6 is 0 Å². The van der Waals surface area contributed by atoms with E-state index in [-0.39, 0.29) is 6.61 Å². The maximum absolute atomic E-state index is 8.24. The zero-order valence-corrected chi connectivity index (χ0v) is 5.17. The molecule has 46 valence electrons. The highest BCUT2D eigenvalue weighted by atomic mass is 16.2. The second kappa shape index (κ2) is 6.44. The first-order valence-corrected chi connectivity index (χ1v) is 2.84. The van der Waals surface area contributed by atoms with Gasteiger partial charge in [-0.05, 0) is 6.42 Å². The molecular weight excluding hydrogens is 100 g/mol. The topological polar surface area (TPSA) is 20.2 Å². The third-order valence-electron chi connectivity index (χ3n) is 0.724. The molecule has 1 N–H and O–H groups in total. The summed E-state index contributed by atoms with van der Waals surface area (Å²) >= 11 is 0. The molecule has 0 heterocycles. The molecule has 0 rings (SSSR count). The molecule has 1 heteroatoms. The SMILES string of the molecule is CC/C=C\C=C\CO. The van der Waals surface area contributed by atoms with Crippen LogP contribution < -0.4 is 0 Å². The van der Waals surface area contributed by atoms with Crippen LogP contribution in [0.15, 0.2) is 24.3 Å². The summed E-state index contributed by atoms with van der Waals surface area (Å²) in [7, 11) is 0. The third-order valence-corrected chi connectivity index (χ3v) is 0.724. The average Bonchev–Trinajstić information content (AvgIpc) is 1.81. The summed E-state index contributed by atoms with van der Waals surface area (Å²) in [4.78, 5) is 0. The average molecular weight is 112 g/mol. The minimum atomic E-state index is 0.133. The van der Waals surface area contributed by atoms with Gasteiger partial charge in [0.15, 0.2) is 0 Å². The zero-order valence-electron chi connectivity index (χ0n) is 5.17. The Morgan fingerprint density at radius 2 is 1.88 bits per heavy atom. The standard InChI is InChI=1S/C7H12O/c1-2-3-4-5-6-7-8/h3-6,8H,2,7H2,1H3/b4-3-,6-5+. The second-order valence-electron chi connectivity index (χ2n) is 1.45. The van der Waals surface area contributed by atoms with Gasteiger partial charge >= 0.3 is 0 Å². The van der Waals surface area contributed by atoms with Crippen LogP contribution in [-0.4, -0.2) is 11.7 Å². The number of aliphatic hydroxyl groups excluding tert-OH is 1. The van der Waals surface area contributed by atoms with E-state index in [9.17, 15) is 0 Å². The highest BCUT2D eigenvalue weighted by Gasteiger charge is 1.62. The molecule has 0 saturated carbocycles. The van der Waals surface area contributed by atoms with Crippen LogP contribution in [0.2, 0.25) is 0 Å². The summed E-state index contributed by atoms with van der Waals surface area (Å²) in [5, 5.41) is 8.24. The summed E-state index contributed by atoms with van der Waals surface area (Å²) in [5.41, 5.74) is 0. The van der Waals surface area contributed by atoms with Crippen LogP contribution in [0.4, 0.5) is 0 Å². The Morgan fingerprint density at radius 3 is 2.38 bits per heavy atom. The minimum absolute atomic E-state index is 0.133. The quantitative estimate of drug-likeness (QED) is 0.548. The van der Waals surface area contributed by atoms with E-state index < -0.39 is 0 Å². The number of rotatable bonds is 3. The molecule has 0 atom stereocenters. The summed E-state index contributed by atoms with van der Waals surface area (Å²) in [6, 6.07) is 0. The van der Waals surface area contributed by atoms with Crippen LogP contribution in [0.25, 0.3) is 0 Å². The van der Waals surface area contributed by atoms with E-state index >= 15 is 0 Å². The molecule has 8 heavy (non-hydrogen) atoms. The van der Waals surface area contributed by atoms with E-state index in [4.69, 9.17) is 5.11 Å². The number of hydrogen-bond acceptors (Lipinski definition) is 1. The molecule has 0 aliphatic carbocycles.